The van der Waals surface area contributed by atoms with Crippen LogP contribution in [0.1, 0.15) is 25.0 Å². The highest BCUT2D eigenvalue weighted by Gasteiger charge is 2.35. The van der Waals surface area contributed by atoms with Crippen LogP contribution in [0.4, 0.5) is 0 Å². The lowest BCUT2D eigenvalue weighted by molar-refractivity contribution is 0.660. The van der Waals surface area contributed by atoms with Crippen LogP contribution >= 0.6 is 0 Å². The summed E-state index contributed by atoms with van der Waals surface area (Å²) in [6.07, 6.45) is 0. The van der Waals surface area contributed by atoms with Gasteiger partial charge in [0, 0.05) is 16.2 Å². The highest BCUT2D eigenvalue weighted by Crippen LogP contribution is 2.49. The standard InChI is InChI=1S/C38H26N2/c1-38(2)31-12-6-5-11-27(31)30-21-24(17-20-32(30)38)25-16-18-28-29-19-15-23-9-3-4-10-26(23)36(29)37-39-33-13-7-8-14-34(33)40(37)35(28)22-25/h3-22H,1-2H3. The molecular formula is C38H26N2. The molecule has 0 amide bonds. The van der Waals surface area contributed by atoms with E-state index in [0.29, 0.717) is 0 Å². The fourth-order valence-corrected chi connectivity index (χ4v) is 7.20. The van der Waals surface area contributed by atoms with E-state index in [2.05, 4.69) is 140 Å². The third-order valence-corrected chi connectivity index (χ3v) is 9.16. The second-order valence-corrected chi connectivity index (χ2v) is 11.6. The summed E-state index contributed by atoms with van der Waals surface area (Å²) in [7, 11) is 0. The molecule has 0 bridgehead atoms. The summed E-state index contributed by atoms with van der Waals surface area (Å²) >= 11 is 0. The zero-order valence-electron chi connectivity index (χ0n) is 22.4. The molecule has 188 valence electrons. The molecule has 2 aromatic heterocycles. The van der Waals surface area contributed by atoms with Crippen molar-refractivity contribution in [1.82, 2.24) is 9.38 Å². The SMILES string of the molecule is CC1(C)c2ccccc2-c2cc(-c3ccc4c5ccc6ccccc6c5c5nc6ccccc6n5c4c3)ccc21. The summed E-state index contributed by atoms with van der Waals surface area (Å²) in [5.74, 6) is 0. The van der Waals surface area contributed by atoms with Crippen molar-refractivity contribution in [3.05, 3.63) is 132 Å². The predicted molar refractivity (Wildman–Crippen MR) is 168 cm³/mol. The van der Waals surface area contributed by atoms with Crippen LogP contribution in [-0.2, 0) is 5.41 Å². The molecule has 40 heavy (non-hydrogen) atoms. The van der Waals surface area contributed by atoms with Gasteiger partial charge in [-0.2, -0.15) is 0 Å². The van der Waals surface area contributed by atoms with Gasteiger partial charge in [0.25, 0.3) is 0 Å². The molecule has 1 aliphatic carbocycles. The molecule has 2 heteroatoms. The summed E-state index contributed by atoms with van der Waals surface area (Å²) in [5.41, 5.74) is 12.3. The van der Waals surface area contributed by atoms with Gasteiger partial charge in [0.1, 0.15) is 5.65 Å². The van der Waals surface area contributed by atoms with Gasteiger partial charge < -0.3 is 0 Å². The Kier molecular flexibility index (Phi) is 4.15. The number of para-hydroxylation sites is 2. The summed E-state index contributed by atoms with van der Waals surface area (Å²) in [5, 5.41) is 6.18. The number of rotatable bonds is 1. The highest BCUT2D eigenvalue weighted by molar-refractivity contribution is 6.23. The molecule has 6 aromatic carbocycles. The first kappa shape index (κ1) is 21.9. The summed E-state index contributed by atoms with van der Waals surface area (Å²) in [6, 6.07) is 44.5. The molecular weight excluding hydrogens is 484 g/mol. The molecule has 8 aromatic rings. The number of hydrogen-bond acceptors (Lipinski definition) is 1. The van der Waals surface area contributed by atoms with Gasteiger partial charge >= 0.3 is 0 Å². The minimum Gasteiger partial charge on any atom is -0.292 e. The molecule has 0 aliphatic heterocycles. The van der Waals surface area contributed by atoms with Crippen LogP contribution in [0.15, 0.2) is 121 Å². The third-order valence-electron chi connectivity index (χ3n) is 9.16. The zero-order chi connectivity index (χ0) is 26.6. The van der Waals surface area contributed by atoms with Gasteiger partial charge in [-0.15, -0.1) is 0 Å². The van der Waals surface area contributed by atoms with Gasteiger partial charge in [-0.3, -0.25) is 4.40 Å². The lowest BCUT2D eigenvalue weighted by Gasteiger charge is -2.21. The largest absolute Gasteiger partial charge is 0.292 e. The molecule has 9 rings (SSSR count). The van der Waals surface area contributed by atoms with E-state index in [1.807, 2.05) is 0 Å². The second-order valence-electron chi connectivity index (χ2n) is 11.6. The second kappa shape index (κ2) is 7.58. The Labute approximate surface area is 232 Å². The molecule has 0 saturated heterocycles. The number of hydrogen-bond donors (Lipinski definition) is 0. The Bertz CT molecular complexity index is 2350. The van der Waals surface area contributed by atoms with Gasteiger partial charge in [-0.1, -0.05) is 111 Å². The van der Waals surface area contributed by atoms with Crippen LogP contribution in [0.3, 0.4) is 0 Å². The number of aromatic nitrogens is 2. The van der Waals surface area contributed by atoms with E-state index in [1.165, 1.54) is 65.8 Å². The predicted octanol–water partition coefficient (Wildman–Crippen LogP) is 9.92. The van der Waals surface area contributed by atoms with Crippen molar-refractivity contribution in [2.45, 2.75) is 19.3 Å². The first-order valence-corrected chi connectivity index (χ1v) is 14.0. The van der Waals surface area contributed by atoms with Crippen LogP contribution in [0, 0.1) is 0 Å². The van der Waals surface area contributed by atoms with E-state index >= 15 is 0 Å². The molecule has 0 N–H and O–H groups in total. The van der Waals surface area contributed by atoms with Gasteiger partial charge in [-0.05, 0) is 73.8 Å². The number of nitrogens with zero attached hydrogens (tertiary/aromatic N) is 2. The fourth-order valence-electron chi connectivity index (χ4n) is 7.20. The van der Waals surface area contributed by atoms with Crippen LogP contribution < -0.4 is 0 Å². The highest BCUT2D eigenvalue weighted by atomic mass is 15.0. The average molecular weight is 511 g/mol. The Morgan fingerprint density at radius 1 is 0.550 bits per heavy atom. The number of pyridine rings is 1. The molecule has 1 aliphatic rings. The molecule has 0 spiro atoms. The Hall–Kier alpha value is -4.95. The Morgan fingerprint density at radius 2 is 1.27 bits per heavy atom. The van der Waals surface area contributed by atoms with Gasteiger partial charge in [0.15, 0.2) is 0 Å². The normalized spacial score (nSPS) is 13.9. The van der Waals surface area contributed by atoms with E-state index in [-0.39, 0.29) is 5.41 Å². The van der Waals surface area contributed by atoms with E-state index < -0.39 is 0 Å². The van der Waals surface area contributed by atoms with E-state index in [1.54, 1.807) is 0 Å². The third kappa shape index (κ3) is 2.75. The first-order chi connectivity index (χ1) is 19.6. The molecule has 0 atom stereocenters. The van der Waals surface area contributed by atoms with Gasteiger partial charge in [-0.25, -0.2) is 4.98 Å². The first-order valence-electron chi connectivity index (χ1n) is 14.0. The number of imidazole rings is 1. The van der Waals surface area contributed by atoms with Gasteiger partial charge in [0.2, 0.25) is 0 Å². The molecule has 0 fully saturated rings. The number of benzene rings is 6. The lowest BCUT2D eigenvalue weighted by atomic mass is 9.82. The topological polar surface area (TPSA) is 17.3 Å². The summed E-state index contributed by atoms with van der Waals surface area (Å²) < 4.78 is 2.37. The van der Waals surface area contributed by atoms with Crippen LogP contribution in [0.5, 0.6) is 0 Å². The van der Waals surface area contributed by atoms with Crippen molar-refractivity contribution in [2.24, 2.45) is 0 Å². The summed E-state index contributed by atoms with van der Waals surface area (Å²) in [4.78, 5) is 5.20. The maximum atomic E-state index is 5.20. The van der Waals surface area contributed by atoms with E-state index in [9.17, 15) is 0 Å². The van der Waals surface area contributed by atoms with Crippen molar-refractivity contribution in [1.29, 1.82) is 0 Å². The van der Waals surface area contributed by atoms with Crippen molar-refractivity contribution in [2.75, 3.05) is 0 Å². The molecule has 0 unspecified atom stereocenters. The fraction of sp³-hybridized carbons (Fsp3) is 0.0789. The van der Waals surface area contributed by atoms with Crippen molar-refractivity contribution >= 4 is 49.1 Å². The van der Waals surface area contributed by atoms with E-state index in [4.69, 9.17) is 4.98 Å². The Morgan fingerprint density at radius 3 is 2.23 bits per heavy atom. The molecule has 2 heterocycles. The monoisotopic (exact) mass is 510 g/mol. The van der Waals surface area contributed by atoms with Crippen molar-refractivity contribution in [3.63, 3.8) is 0 Å². The van der Waals surface area contributed by atoms with Crippen LogP contribution in [-0.4, -0.2) is 9.38 Å². The summed E-state index contributed by atoms with van der Waals surface area (Å²) in [6.45, 7) is 4.67. The smallest absolute Gasteiger partial charge is 0.147 e. The minimum absolute atomic E-state index is 0.0113. The molecule has 2 nitrogen and oxygen atoms in total. The maximum Gasteiger partial charge on any atom is 0.147 e. The number of fused-ring (bicyclic) bond motifs is 13. The average Bonchev–Trinajstić information content (AvgIpc) is 3.50. The minimum atomic E-state index is 0.0113. The molecule has 0 radical (unpaired) electrons. The lowest BCUT2D eigenvalue weighted by Crippen LogP contribution is -2.14. The Balaban J connectivity index is 1.38. The van der Waals surface area contributed by atoms with E-state index in [0.717, 1.165) is 16.7 Å². The van der Waals surface area contributed by atoms with Gasteiger partial charge in [0.05, 0.1) is 16.6 Å². The van der Waals surface area contributed by atoms with Crippen LogP contribution in [0.25, 0.3) is 71.4 Å². The van der Waals surface area contributed by atoms with Crippen molar-refractivity contribution in [3.8, 4) is 22.3 Å². The quantitative estimate of drug-likeness (QED) is 0.201. The maximum absolute atomic E-state index is 5.20. The zero-order valence-corrected chi connectivity index (χ0v) is 22.4. The molecule has 0 saturated carbocycles. The van der Waals surface area contributed by atoms with Crippen molar-refractivity contribution < 1.29 is 0 Å². The van der Waals surface area contributed by atoms with Crippen LogP contribution in [0.2, 0.25) is 0 Å².